The first-order valence-electron chi connectivity index (χ1n) is 9.80. The molecular weight excluding hydrogens is 406 g/mol. The maximum absolute atomic E-state index is 12.7. The number of amides is 1. The molecule has 3 aromatic rings. The van der Waals surface area contributed by atoms with Crippen LogP contribution >= 0.6 is 11.6 Å². The lowest BCUT2D eigenvalue weighted by molar-refractivity contribution is -0.0249. The van der Waals surface area contributed by atoms with Crippen LogP contribution in [0.5, 0.6) is 5.75 Å². The van der Waals surface area contributed by atoms with Gasteiger partial charge in [-0.2, -0.15) is 10.2 Å². The van der Waals surface area contributed by atoms with Gasteiger partial charge in [-0.3, -0.25) is 14.2 Å². The van der Waals surface area contributed by atoms with Crippen molar-refractivity contribution in [3.8, 4) is 5.75 Å². The summed E-state index contributed by atoms with van der Waals surface area (Å²) in [5.41, 5.74) is 2.43. The number of rotatable bonds is 6. The average Bonchev–Trinajstić information content (AvgIpc) is 3.33. The Morgan fingerprint density at radius 3 is 2.97 bits per heavy atom. The van der Waals surface area contributed by atoms with E-state index in [1.54, 1.807) is 35.1 Å². The molecule has 0 saturated carbocycles. The second-order valence-electron chi connectivity index (χ2n) is 7.25. The van der Waals surface area contributed by atoms with E-state index in [-0.39, 0.29) is 12.0 Å². The van der Waals surface area contributed by atoms with Crippen molar-refractivity contribution in [2.45, 2.75) is 12.5 Å². The van der Waals surface area contributed by atoms with Crippen LogP contribution in [0.1, 0.15) is 27.8 Å². The third kappa shape index (κ3) is 4.66. The van der Waals surface area contributed by atoms with Crippen LogP contribution in [0.4, 0.5) is 0 Å². The van der Waals surface area contributed by atoms with E-state index in [0.717, 1.165) is 17.1 Å². The summed E-state index contributed by atoms with van der Waals surface area (Å²) >= 11 is 5.99. The Morgan fingerprint density at radius 1 is 1.33 bits per heavy atom. The molecule has 1 aromatic carbocycles. The molecular formula is C21H24ClN5O3. The fourth-order valence-corrected chi connectivity index (χ4v) is 3.66. The van der Waals surface area contributed by atoms with Gasteiger partial charge >= 0.3 is 0 Å². The summed E-state index contributed by atoms with van der Waals surface area (Å²) in [4.78, 5) is 14.5. The number of benzene rings is 1. The number of halogens is 1. The van der Waals surface area contributed by atoms with Gasteiger partial charge in [0.25, 0.3) is 5.91 Å². The molecule has 2 aromatic heterocycles. The summed E-state index contributed by atoms with van der Waals surface area (Å²) < 4.78 is 15.1. The maximum Gasteiger partial charge on any atom is 0.257 e. The van der Waals surface area contributed by atoms with Crippen LogP contribution < -0.4 is 4.74 Å². The first-order chi connectivity index (χ1) is 14.5. The summed E-state index contributed by atoms with van der Waals surface area (Å²) in [6, 6.07) is 9.36. The minimum Gasteiger partial charge on any atom is -0.493 e. The van der Waals surface area contributed by atoms with Gasteiger partial charge in [-0.1, -0.05) is 17.7 Å². The highest BCUT2D eigenvalue weighted by Crippen LogP contribution is 2.23. The van der Waals surface area contributed by atoms with Gasteiger partial charge in [0.2, 0.25) is 0 Å². The topological polar surface area (TPSA) is 74.4 Å². The molecule has 1 fully saturated rings. The normalized spacial score (nSPS) is 16.6. The Morgan fingerprint density at radius 2 is 2.20 bits per heavy atom. The van der Waals surface area contributed by atoms with E-state index in [2.05, 4.69) is 10.2 Å². The molecule has 30 heavy (non-hydrogen) atoms. The van der Waals surface area contributed by atoms with Crippen molar-refractivity contribution < 1.29 is 14.3 Å². The molecule has 1 aliphatic heterocycles. The first kappa shape index (κ1) is 20.4. The molecule has 0 unspecified atom stereocenters. The standard InChI is InChI=1S/C21H24ClN5O3/c1-25-13-15(12-23-25)21(28)27-7-9-30-20(14-27)19-11-17(26(2)24-19)6-8-29-18-5-3-4-16(22)10-18/h3-5,10-13,20H,6-9,14H2,1-2H3/t20-/m0/s1. The van der Waals surface area contributed by atoms with Gasteiger partial charge in [-0.25, -0.2) is 0 Å². The van der Waals surface area contributed by atoms with E-state index in [0.29, 0.717) is 43.3 Å². The van der Waals surface area contributed by atoms with Crippen molar-refractivity contribution in [3.63, 3.8) is 0 Å². The maximum atomic E-state index is 12.7. The van der Waals surface area contributed by atoms with Crippen LogP contribution in [-0.2, 0) is 25.3 Å². The molecule has 9 heteroatoms. The summed E-state index contributed by atoms with van der Waals surface area (Å²) in [7, 11) is 3.70. The molecule has 0 spiro atoms. The predicted molar refractivity (Wildman–Crippen MR) is 112 cm³/mol. The fourth-order valence-electron chi connectivity index (χ4n) is 3.48. The SMILES string of the molecule is Cn1cc(C(=O)N2CCO[C@H](c3cc(CCOc4cccc(Cl)c4)n(C)n3)C2)cn1. The predicted octanol–water partition coefficient (Wildman–Crippen LogP) is 2.64. The van der Waals surface area contributed by atoms with Crippen molar-refractivity contribution in [1.82, 2.24) is 24.5 Å². The highest BCUT2D eigenvalue weighted by Gasteiger charge is 2.28. The van der Waals surface area contributed by atoms with E-state index in [4.69, 9.17) is 21.1 Å². The van der Waals surface area contributed by atoms with Crippen LogP contribution in [0.2, 0.25) is 5.02 Å². The van der Waals surface area contributed by atoms with Crippen LogP contribution in [0.15, 0.2) is 42.7 Å². The number of hydrogen-bond donors (Lipinski definition) is 0. The minimum absolute atomic E-state index is 0.0394. The van der Waals surface area contributed by atoms with Crippen molar-refractivity contribution in [2.24, 2.45) is 14.1 Å². The van der Waals surface area contributed by atoms with Gasteiger partial charge in [0.1, 0.15) is 11.9 Å². The molecule has 1 atom stereocenters. The quantitative estimate of drug-likeness (QED) is 0.602. The third-order valence-electron chi connectivity index (χ3n) is 5.05. The zero-order valence-electron chi connectivity index (χ0n) is 17.0. The summed E-state index contributed by atoms with van der Waals surface area (Å²) in [5, 5.41) is 9.34. The second-order valence-corrected chi connectivity index (χ2v) is 7.69. The Labute approximate surface area is 179 Å². The third-order valence-corrected chi connectivity index (χ3v) is 5.29. The molecule has 0 N–H and O–H groups in total. The van der Waals surface area contributed by atoms with Crippen molar-refractivity contribution in [2.75, 3.05) is 26.3 Å². The summed E-state index contributed by atoms with van der Waals surface area (Å²) in [6.07, 6.45) is 3.76. The van der Waals surface area contributed by atoms with Crippen LogP contribution in [0.25, 0.3) is 0 Å². The molecule has 1 saturated heterocycles. The first-order valence-corrected chi connectivity index (χ1v) is 10.2. The number of carbonyl (C=O) groups excluding carboxylic acids is 1. The van der Waals surface area contributed by atoms with Gasteiger partial charge in [-0.15, -0.1) is 0 Å². The monoisotopic (exact) mass is 429 g/mol. The Bertz CT molecular complexity index is 1030. The number of aryl methyl sites for hydroxylation is 2. The summed E-state index contributed by atoms with van der Waals surface area (Å²) in [6.45, 7) is 2.00. The molecule has 0 bridgehead atoms. The fraction of sp³-hybridized carbons (Fsp3) is 0.381. The van der Waals surface area contributed by atoms with Crippen LogP contribution in [0, 0.1) is 0 Å². The number of nitrogens with zero attached hydrogens (tertiary/aromatic N) is 5. The molecule has 4 rings (SSSR count). The molecule has 3 heterocycles. The molecule has 1 aliphatic rings. The lowest BCUT2D eigenvalue weighted by Gasteiger charge is -2.31. The van der Waals surface area contributed by atoms with Gasteiger partial charge in [0, 0.05) is 44.0 Å². The minimum atomic E-state index is -0.256. The van der Waals surface area contributed by atoms with Crippen molar-refractivity contribution in [1.29, 1.82) is 0 Å². The number of morpholine rings is 1. The van der Waals surface area contributed by atoms with E-state index >= 15 is 0 Å². The molecule has 1 amide bonds. The van der Waals surface area contributed by atoms with Crippen LogP contribution in [-0.4, -0.2) is 56.7 Å². The number of aromatic nitrogens is 4. The highest BCUT2D eigenvalue weighted by molar-refractivity contribution is 6.30. The summed E-state index contributed by atoms with van der Waals surface area (Å²) in [5.74, 6) is 0.701. The van der Waals surface area contributed by atoms with Gasteiger partial charge in [0.15, 0.2) is 0 Å². The van der Waals surface area contributed by atoms with Gasteiger partial charge in [-0.05, 0) is 24.3 Å². The Hall–Kier alpha value is -2.84. The second kappa shape index (κ2) is 8.89. The number of carbonyl (C=O) groups is 1. The molecule has 158 valence electrons. The Kier molecular flexibility index (Phi) is 6.06. The number of ether oxygens (including phenoxy) is 2. The Balaban J connectivity index is 1.37. The van der Waals surface area contributed by atoms with E-state index < -0.39 is 0 Å². The molecule has 0 aliphatic carbocycles. The van der Waals surface area contributed by atoms with Crippen molar-refractivity contribution in [3.05, 3.63) is 64.7 Å². The average molecular weight is 430 g/mol. The van der Waals surface area contributed by atoms with Crippen molar-refractivity contribution >= 4 is 17.5 Å². The molecule has 8 nitrogen and oxygen atoms in total. The van der Waals surface area contributed by atoms with Gasteiger partial charge < -0.3 is 14.4 Å². The smallest absolute Gasteiger partial charge is 0.257 e. The lowest BCUT2D eigenvalue weighted by Crippen LogP contribution is -2.42. The van der Waals surface area contributed by atoms with Crippen LogP contribution in [0.3, 0.4) is 0 Å². The van der Waals surface area contributed by atoms with E-state index in [9.17, 15) is 4.79 Å². The zero-order chi connectivity index (χ0) is 21.1. The highest BCUT2D eigenvalue weighted by atomic mass is 35.5. The largest absolute Gasteiger partial charge is 0.493 e. The lowest BCUT2D eigenvalue weighted by atomic mass is 10.1. The number of hydrogen-bond acceptors (Lipinski definition) is 5. The van der Waals surface area contributed by atoms with Gasteiger partial charge in [0.05, 0.1) is 37.2 Å². The van der Waals surface area contributed by atoms with E-state index in [1.165, 1.54) is 0 Å². The molecule has 0 radical (unpaired) electrons. The zero-order valence-corrected chi connectivity index (χ0v) is 17.7. The van der Waals surface area contributed by atoms with E-state index in [1.807, 2.05) is 36.0 Å².